The molecule has 4 N–H and O–H groups in total. The number of phosphoric acid groups is 2. The Morgan fingerprint density at radius 2 is 0.467 bits per heavy atom. The second kappa shape index (κ2) is 80.4. The van der Waals surface area contributed by atoms with Gasteiger partial charge < -0.3 is 34.2 Å². The third-order valence-corrected chi connectivity index (χ3v) is 18.8. The fourth-order valence-electron chi connectivity index (χ4n) is 10.7. The molecule has 18 heteroatoms. The lowest BCUT2D eigenvalue weighted by Gasteiger charge is -2.21. The first-order chi connectivity index (χ1) is 52.2. The molecule has 0 radical (unpaired) electrons. The van der Waals surface area contributed by atoms with E-state index in [2.05, 4.69) is 191 Å². The number of ether oxygens (including phenoxy) is 3. The van der Waals surface area contributed by atoms with Crippen molar-refractivity contribution in [2.45, 2.75) is 334 Å². The molecule has 0 aliphatic carbocycles. The predicted octanol–water partition coefficient (Wildman–Crippen LogP) is 24.8. The maximum atomic E-state index is 13.0. The zero-order valence-electron chi connectivity index (χ0n) is 66.7. The average Bonchev–Trinajstić information content (AvgIpc) is 0.907. The van der Waals surface area contributed by atoms with Crippen molar-refractivity contribution in [3.05, 3.63) is 170 Å². The molecule has 0 saturated heterocycles. The Hall–Kier alpha value is -5.09. The Labute approximate surface area is 650 Å². The van der Waals surface area contributed by atoms with Gasteiger partial charge in [0.2, 0.25) is 0 Å². The van der Waals surface area contributed by atoms with Crippen LogP contribution < -0.4 is 0 Å². The molecular weight excluding hydrogens is 1390 g/mol. The highest BCUT2D eigenvalue weighted by molar-refractivity contribution is 7.47. The van der Waals surface area contributed by atoms with E-state index in [1.54, 1.807) is 0 Å². The minimum absolute atomic E-state index is 0.0801. The van der Waals surface area contributed by atoms with Crippen LogP contribution in [-0.4, -0.2) is 95.9 Å². The van der Waals surface area contributed by atoms with Gasteiger partial charge in [0.05, 0.1) is 26.4 Å². The van der Waals surface area contributed by atoms with E-state index < -0.39 is 91.5 Å². The van der Waals surface area contributed by atoms with Crippen molar-refractivity contribution < 1.29 is 75.8 Å². The summed E-state index contributed by atoms with van der Waals surface area (Å²) in [6.45, 7) is 2.31. The number of carbonyl (C=O) groups is 3. The molecule has 16 nitrogen and oxygen atoms in total. The van der Waals surface area contributed by atoms with Gasteiger partial charge in [-0.2, -0.15) is 0 Å². The van der Waals surface area contributed by atoms with Gasteiger partial charge in [-0.3, -0.25) is 32.5 Å². The molecule has 0 spiro atoms. The second-order valence-corrected chi connectivity index (χ2v) is 30.0. The van der Waals surface area contributed by atoms with Crippen molar-refractivity contribution >= 4 is 33.6 Å². The molecule has 0 aliphatic rings. The number of aliphatic hydroxyl groups is 2. The number of hydrogen-bond acceptors (Lipinski definition) is 14. The zero-order valence-corrected chi connectivity index (χ0v) is 68.5. The Balaban J connectivity index is 4.53. The van der Waals surface area contributed by atoms with Crippen LogP contribution in [0.4, 0.5) is 0 Å². The summed E-state index contributed by atoms with van der Waals surface area (Å²) in [6.07, 6.45) is 103. The van der Waals surface area contributed by atoms with Crippen LogP contribution in [0.15, 0.2) is 170 Å². The van der Waals surface area contributed by atoms with Gasteiger partial charge in [-0.1, -0.05) is 319 Å². The SMILES string of the molecule is CC/C=C\C/C=C\C/C=C\C/C=C\C/C=C\C/C=C\CCCCCCCCCCCCCCCCC(=O)OCC(O)COP(=O)(O)OCC(O)COP(=O)(O)OCC(COC(=O)CCCCCCCC/C=C\C/C=C\C/C=C\C/C=C\CC)OC(=O)CCCCCCCC/C=C\C/C=C\C/C=C\C/C=C\CC. The first kappa shape index (κ1) is 102. The van der Waals surface area contributed by atoms with Crippen molar-refractivity contribution in [1.82, 2.24) is 0 Å². The van der Waals surface area contributed by atoms with E-state index in [0.29, 0.717) is 19.3 Å². The van der Waals surface area contributed by atoms with Crippen molar-refractivity contribution in [3.8, 4) is 0 Å². The topological polar surface area (TPSA) is 231 Å². The maximum absolute atomic E-state index is 13.0. The normalized spacial score (nSPS) is 14.8. The Bertz CT molecular complexity index is 2620. The highest BCUT2D eigenvalue weighted by Crippen LogP contribution is 2.45. The molecule has 0 aromatic carbocycles. The highest BCUT2D eigenvalue weighted by Gasteiger charge is 2.29. The number of aliphatic hydroxyl groups excluding tert-OH is 2. The molecule has 0 aliphatic heterocycles. The number of unbranched alkanes of at least 4 members (excludes halogenated alkanes) is 26. The number of phosphoric ester groups is 2. The highest BCUT2D eigenvalue weighted by atomic mass is 31.2. The minimum atomic E-state index is -4.95. The van der Waals surface area contributed by atoms with Gasteiger partial charge >= 0.3 is 33.6 Å². The van der Waals surface area contributed by atoms with Crippen LogP contribution in [0.5, 0.6) is 0 Å². The largest absolute Gasteiger partial charge is 0.472 e. The van der Waals surface area contributed by atoms with Crippen LogP contribution in [0, 0.1) is 0 Å². The molecule has 0 saturated carbocycles. The summed E-state index contributed by atoms with van der Waals surface area (Å²) in [6, 6.07) is 0. The van der Waals surface area contributed by atoms with Gasteiger partial charge in [0.25, 0.3) is 0 Å². The fraction of sp³-hybridized carbons (Fsp3) is 0.652. The van der Waals surface area contributed by atoms with Crippen LogP contribution in [0.1, 0.15) is 316 Å². The molecule has 0 rings (SSSR count). The number of carbonyl (C=O) groups excluding carboxylic acids is 3. The van der Waals surface area contributed by atoms with Crippen LogP contribution in [0.25, 0.3) is 0 Å². The third kappa shape index (κ3) is 81.7. The summed E-state index contributed by atoms with van der Waals surface area (Å²) in [5.74, 6) is -1.61. The van der Waals surface area contributed by atoms with Gasteiger partial charge in [0.1, 0.15) is 25.4 Å². The van der Waals surface area contributed by atoms with Crippen molar-refractivity contribution in [1.29, 1.82) is 0 Å². The molecule has 0 amide bonds. The van der Waals surface area contributed by atoms with Crippen molar-refractivity contribution in [3.63, 3.8) is 0 Å². The van der Waals surface area contributed by atoms with Crippen LogP contribution in [0.2, 0.25) is 0 Å². The first-order valence-corrected chi connectivity index (χ1v) is 44.4. The molecule has 0 aromatic heterocycles. The summed E-state index contributed by atoms with van der Waals surface area (Å²) >= 11 is 0. The van der Waals surface area contributed by atoms with E-state index in [1.807, 2.05) is 0 Å². The molecule has 0 fully saturated rings. The monoisotopic (exact) mass is 1540 g/mol. The predicted molar refractivity (Wildman–Crippen MR) is 445 cm³/mol. The second-order valence-electron chi connectivity index (χ2n) is 27.1. The van der Waals surface area contributed by atoms with Crippen molar-refractivity contribution in [2.75, 3.05) is 39.6 Å². The number of hydrogen-bond donors (Lipinski definition) is 4. The summed E-state index contributed by atoms with van der Waals surface area (Å²) < 4.78 is 61.2. The minimum Gasteiger partial charge on any atom is -0.463 e. The van der Waals surface area contributed by atoms with Crippen LogP contribution in [0.3, 0.4) is 0 Å². The molecule has 0 aromatic rings. The van der Waals surface area contributed by atoms with E-state index in [1.165, 1.54) is 64.2 Å². The van der Waals surface area contributed by atoms with E-state index in [-0.39, 0.29) is 19.3 Å². The van der Waals surface area contributed by atoms with Gasteiger partial charge in [0.15, 0.2) is 6.10 Å². The Kier molecular flexibility index (Phi) is 76.6. The summed E-state index contributed by atoms with van der Waals surface area (Å²) in [4.78, 5) is 58.8. The summed E-state index contributed by atoms with van der Waals surface area (Å²) in [7, 11) is -9.81. The van der Waals surface area contributed by atoms with E-state index in [0.717, 1.165) is 193 Å². The maximum Gasteiger partial charge on any atom is 0.472 e. The third-order valence-electron chi connectivity index (χ3n) is 16.9. The van der Waals surface area contributed by atoms with Gasteiger partial charge in [0, 0.05) is 19.3 Å². The van der Waals surface area contributed by atoms with Gasteiger partial charge in [-0.15, -0.1) is 0 Å². The lowest BCUT2D eigenvalue weighted by molar-refractivity contribution is -0.161. The van der Waals surface area contributed by atoms with Crippen LogP contribution >= 0.6 is 15.6 Å². The Morgan fingerprint density at radius 3 is 0.738 bits per heavy atom. The molecule has 610 valence electrons. The number of allylic oxidation sites excluding steroid dienone is 28. The molecule has 5 atom stereocenters. The molecule has 107 heavy (non-hydrogen) atoms. The summed E-state index contributed by atoms with van der Waals surface area (Å²) in [5, 5.41) is 20.7. The van der Waals surface area contributed by atoms with E-state index in [4.69, 9.17) is 32.3 Å². The molecule has 0 bridgehead atoms. The number of rotatable bonds is 77. The fourth-order valence-corrected chi connectivity index (χ4v) is 12.3. The number of esters is 3. The standard InChI is InChI=1S/C89H148O16P2/c1-4-7-10-13-16-19-22-25-28-31-34-35-36-37-38-39-40-41-42-43-44-45-46-47-50-52-54-57-60-63-66-69-72-75-87(92)99-78-84(90)79-101-106(95,96)102-80-85(91)81-103-107(97,98)104-83-86(105-89(94)77-74-71-68-65-62-59-56-53-49-33-30-27-24-21-18-15-12-9-6-3)82-100-88(93)76-73-70-67-64-61-58-55-51-48-32-29-26-23-20-17-14-11-8-5-2/h7-12,16-21,25-30,34-35,37-38,40-41,48-49,51,53,84-86,90-91H,4-6,13-15,22-24,31-33,36,39,42-47,50,52,54-83H2,1-3H3,(H,95,96)(H,97,98)/b10-7-,11-8-,12-9-,19-16-,20-17-,21-18-,28-25-,29-26-,30-27-,35-34-,38-37-,41-40-,51-48-,53-49-. The van der Waals surface area contributed by atoms with Crippen molar-refractivity contribution in [2.24, 2.45) is 0 Å². The van der Waals surface area contributed by atoms with Gasteiger partial charge in [-0.25, -0.2) is 9.13 Å². The van der Waals surface area contributed by atoms with E-state index >= 15 is 0 Å². The van der Waals surface area contributed by atoms with E-state index in [9.17, 15) is 43.5 Å². The van der Waals surface area contributed by atoms with Crippen LogP contribution in [-0.2, 0) is 55.8 Å². The lowest BCUT2D eigenvalue weighted by Crippen LogP contribution is -2.30. The molecule has 5 unspecified atom stereocenters. The van der Waals surface area contributed by atoms with Gasteiger partial charge in [-0.05, 0) is 148 Å². The lowest BCUT2D eigenvalue weighted by atomic mass is 10.0. The zero-order chi connectivity index (χ0) is 78.0. The average molecular weight is 1540 g/mol. The molecule has 0 heterocycles. The smallest absolute Gasteiger partial charge is 0.463 e. The Morgan fingerprint density at radius 1 is 0.262 bits per heavy atom. The first-order valence-electron chi connectivity index (χ1n) is 41.4. The molecular formula is C89H148O16P2. The quantitative estimate of drug-likeness (QED) is 0.0146. The summed E-state index contributed by atoms with van der Waals surface area (Å²) in [5.41, 5.74) is 0.